The Bertz CT molecular complexity index is 1340. The molecule has 4 aromatic rings. The van der Waals surface area contributed by atoms with E-state index < -0.39 is 0 Å². The largest absolute Gasteiger partial charge is 0.507 e. The van der Waals surface area contributed by atoms with Gasteiger partial charge < -0.3 is 15.0 Å². The molecule has 6 heteroatoms. The Kier molecular flexibility index (Phi) is 4.29. The van der Waals surface area contributed by atoms with E-state index in [0.29, 0.717) is 34.9 Å². The van der Waals surface area contributed by atoms with Gasteiger partial charge in [0.15, 0.2) is 5.78 Å². The Hall–Kier alpha value is -3.31. The first-order valence-corrected chi connectivity index (χ1v) is 10.3. The molecule has 0 saturated carbocycles. The van der Waals surface area contributed by atoms with Crippen LogP contribution in [0.1, 0.15) is 39.3 Å². The molecular weight excluding hydrogens is 400 g/mol. The summed E-state index contributed by atoms with van der Waals surface area (Å²) in [5.41, 5.74) is 3.26. The van der Waals surface area contributed by atoms with Crippen LogP contribution in [0.25, 0.3) is 21.7 Å². The number of halogens is 1. The number of H-pyrrole nitrogens is 1. The number of fused-ring (bicyclic) bond motifs is 4. The number of benzene rings is 3. The first-order chi connectivity index (χ1) is 14.5. The molecule has 5 nitrogen and oxygen atoms in total. The highest BCUT2D eigenvalue weighted by molar-refractivity contribution is 6.19. The van der Waals surface area contributed by atoms with Gasteiger partial charge in [0.2, 0.25) is 0 Å². The van der Waals surface area contributed by atoms with Gasteiger partial charge in [0.1, 0.15) is 11.4 Å². The average molecular weight is 419 g/mol. The van der Waals surface area contributed by atoms with Crippen molar-refractivity contribution in [3.63, 3.8) is 0 Å². The van der Waals surface area contributed by atoms with Crippen LogP contribution in [0.2, 0.25) is 0 Å². The third kappa shape index (κ3) is 2.70. The highest BCUT2D eigenvalue weighted by Gasteiger charge is 2.35. The fourth-order valence-electron chi connectivity index (χ4n) is 4.46. The number of alkyl halides is 1. The van der Waals surface area contributed by atoms with E-state index in [1.165, 1.54) is 6.92 Å². The fourth-order valence-corrected chi connectivity index (χ4v) is 4.71. The van der Waals surface area contributed by atoms with Gasteiger partial charge in [-0.2, -0.15) is 0 Å². The SMILES string of the molecule is CC(=O)c1cccc2cc(C(=O)N3C[C@@H](CCl)c4c3cc(O)c3ccccc43)[nH]c12. The molecule has 0 fully saturated rings. The van der Waals surface area contributed by atoms with Gasteiger partial charge in [-0.1, -0.05) is 36.4 Å². The Labute approximate surface area is 177 Å². The van der Waals surface area contributed by atoms with Gasteiger partial charge in [0, 0.05) is 40.7 Å². The van der Waals surface area contributed by atoms with Crippen molar-refractivity contribution in [2.45, 2.75) is 12.8 Å². The van der Waals surface area contributed by atoms with E-state index in [9.17, 15) is 14.7 Å². The minimum absolute atomic E-state index is 0.0340. The van der Waals surface area contributed by atoms with Crippen LogP contribution >= 0.6 is 11.6 Å². The summed E-state index contributed by atoms with van der Waals surface area (Å²) >= 11 is 6.27. The minimum atomic E-state index is -0.218. The smallest absolute Gasteiger partial charge is 0.274 e. The van der Waals surface area contributed by atoms with Crippen LogP contribution in [0, 0.1) is 0 Å². The summed E-state index contributed by atoms with van der Waals surface area (Å²) in [5, 5.41) is 13.0. The van der Waals surface area contributed by atoms with Crippen LogP contribution in [0.4, 0.5) is 5.69 Å². The Balaban J connectivity index is 1.65. The maximum Gasteiger partial charge on any atom is 0.274 e. The second kappa shape index (κ2) is 6.89. The molecule has 1 aromatic heterocycles. The summed E-state index contributed by atoms with van der Waals surface area (Å²) in [7, 11) is 0. The van der Waals surface area contributed by atoms with Gasteiger partial charge in [-0.05, 0) is 30.0 Å². The second-order valence-electron chi connectivity index (χ2n) is 7.65. The van der Waals surface area contributed by atoms with Crippen molar-refractivity contribution < 1.29 is 14.7 Å². The number of aromatic nitrogens is 1. The number of carbonyl (C=O) groups is 2. The van der Waals surface area contributed by atoms with Gasteiger partial charge in [-0.25, -0.2) is 0 Å². The average Bonchev–Trinajstić information content (AvgIpc) is 3.34. The number of hydrogen-bond acceptors (Lipinski definition) is 3. The van der Waals surface area contributed by atoms with Gasteiger partial charge in [-0.15, -0.1) is 11.6 Å². The highest BCUT2D eigenvalue weighted by atomic mass is 35.5. The zero-order chi connectivity index (χ0) is 21.0. The maximum atomic E-state index is 13.5. The third-order valence-corrected chi connectivity index (χ3v) is 6.21. The lowest BCUT2D eigenvalue weighted by molar-refractivity contribution is 0.0981. The highest BCUT2D eigenvalue weighted by Crippen LogP contribution is 2.45. The number of amides is 1. The molecule has 150 valence electrons. The van der Waals surface area contributed by atoms with E-state index in [1.54, 1.807) is 29.2 Å². The molecule has 0 bridgehead atoms. The number of Topliss-reactive ketones (excluding diaryl/α,β-unsaturated/α-hetero) is 1. The quantitative estimate of drug-likeness (QED) is 0.354. The molecule has 0 saturated heterocycles. The van der Waals surface area contributed by atoms with Crippen LogP contribution in [0.15, 0.2) is 54.6 Å². The molecular formula is C24H19ClN2O3. The maximum absolute atomic E-state index is 13.5. The molecule has 1 aliphatic rings. The zero-order valence-electron chi connectivity index (χ0n) is 16.3. The summed E-state index contributed by atoms with van der Waals surface area (Å²) in [6.07, 6.45) is 0. The number of nitrogens with one attached hydrogen (secondary N) is 1. The van der Waals surface area contributed by atoms with Gasteiger partial charge in [0.05, 0.1) is 11.2 Å². The lowest BCUT2D eigenvalue weighted by atomic mass is 9.95. The molecule has 2 heterocycles. The number of aromatic hydroxyl groups is 1. The van der Waals surface area contributed by atoms with Crippen molar-refractivity contribution in [3.8, 4) is 5.75 Å². The standard InChI is InChI=1S/C24H19ClN2O3/c1-13(28)16-8-4-5-14-9-19(26-23(14)16)24(30)27-12-15(11-25)22-18-7-3-2-6-17(18)21(29)10-20(22)27/h2-10,15,26,29H,11-12H2,1H3/t15-/m1/s1. The van der Waals surface area contributed by atoms with Gasteiger partial charge in [-0.3, -0.25) is 9.59 Å². The number of hydrogen-bond donors (Lipinski definition) is 2. The molecule has 2 N–H and O–H groups in total. The van der Waals surface area contributed by atoms with Crippen LogP contribution in [-0.4, -0.2) is 34.2 Å². The number of phenolic OH excluding ortho intramolecular Hbond substituents is 1. The molecule has 0 spiro atoms. The summed E-state index contributed by atoms with van der Waals surface area (Å²) in [6, 6.07) is 16.4. The van der Waals surface area contributed by atoms with E-state index in [0.717, 1.165) is 21.7 Å². The topological polar surface area (TPSA) is 73.4 Å². The lowest BCUT2D eigenvalue weighted by Crippen LogP contribution is -2.30. The number of carbonyl (C=O) groups excluding carboxylic acids is 2. The Morgan fingerprint density at radius 1 is 1.13 bits per heavy atom. The Morgan fingerprint density at radius 3 is 2.63 bits per heavy atom. The molecule has 30 heavy (non-hydrogen) atoms. The van der Waals surface area contributed by atoms with Gasteiger partial charge in [0.25, 0.3) is 5.91 Å². The number of nitrogens with zero attached hydrogens (tertiary/aromatic N) is 1. The van der Waals surface area contributed by atoms with Crippen molar-refractivity contribution in [3.05, 3.63) is 71.4 Å². The molecule has 1 amide bonds. The number of phenols is 1. The number of aromatic amines is 1. The molecule has 0 aliphatic carbocycles. The first-order valence-electron chi connectivity index (χ1n) is 9.74. The van der Waals surface area contributed by atoms with Crippen LogP contribution in [0.3, 0.4) is 0 Å². The third-order valence-electron chi connectivity index (χ3n) is 5.84. The van der Waals surface area contributed by atoms with Crippen molar-refractivity contribution in [1.82, 2.24) is 4.98 Å². The molecule has 0 unspecified atom stereocenters. The van der Waals surface area contributed by atoms with E-state index >= 15 is 0 Å². The van der Waals surface area contributed by atoms with E-state index in [2.05, 4.69) is 4.98 Å². The van der Waals surface area contributed by atoms with Gasteiger partial charge >= 0.3 is 0 Å². The minimum Gasteiger partial charge on any atom is -0.507 e. The molecule has 1 atom stereocenters. The fraction of sp³-hybridized carbons (Fsp3) is 0.167. The first kappa shape index (κ1) is 18.7. The van der Waals surface area contributed by atoms with E-state index in [1.807, 2.05) is 30.3 Å². The molecule has 0 radical (unpaired) electrons. The molecule has 1 aliphatic heterocycles. The second-order valence-corrected chi connectivity index (χ2v) is 7.96. The van der Waals surface area contributed by atoms with Crippen molar-refractivity contribution in [2.24, 2.45) is 0 Å². The predicted octanol–water partition coefficient (Wildman–Crippen LogP) is 5.21. The molecule has 3 aromatic carbocycles. The van der Waals surface area contributed by atoms with Crippen molar-refractivity contribution in [1.29, 1.82) is 0 Å². The van der Waals surface area contributed by atoms with Crippen LogP contribution in [0.5, 0.6) is 5.75 Å². The molecule has 5 rings (SSSR count). The zero-order valence-corrected chi connectivity index (χ0v) is 17.0. The van der Waals surface area contributed by atoms with E-state index in [-0.39, 0.29) is 23.4 Å². The Morgan fingerprint density at radius 2 is 1.90 bits per heavy atom. The lowest BCUT2D eigenvalue weighted by Gasteiger charge is -2.17. The monoisotopic (exact) mass is 418 g/mol. The summed E-state index contributed by atoms with van der Waals surface area (Å²) in [6.45, 7) is 1.94. The van der Waals surface area contributed by atoms with Crippen molar-refractivity contribution in [2.75, 3.05) is 17.3 Å². The number of rotatable bonds is 3. The number of para-hydroxylation sites is 1. The summed E-state index contributed by atoms with van der Waals surface area (Å²) in [5.74, 6) is 0.184. The normalized spacial score (nSPS) is 15.7. The number of anilines is 1. The predicted molar refractivity (Wildman–Crippen MR) is 119 cm³/mol. The van der Waals surface area contributed by atoms with Crippen LogP contribution < -0.4 is 4.90 Å². The summed E-state index contributed by atoms with van der Waals surface area (Å²) < 4.78 is 0. The van der Waals surface area contributed by atoms with Crippen LogP contribution in [-0.2, 0) is 0 Å². The van der Waals surface area contributed by atoms with E-state index in [4.69, 9.17) is 11.6 Å². The number of ketones is 1. The summed E-state index contributed by atoms with van der Waals surface area (Å²) in [4.78, 5) is 30.2. The van der Waals surface area contributed by atoms with Crippen molar-refractivity contribution >= 4 is 50.7 Å².